The van der Waals surface area contributed by atoms with Gasteiger partial charge in [0.25, 0.3) is 0 Å². The van der Waals surface area contributed by atoms with Crippen molar-refractivity contribution >= 4 is 11.8 Å². The highest BCUT2D eigenvalue weighted by atomic mass is 32.2. The SMILES string of the molecule is CCC(C)NCc1nc(CSC(C)C)no1. The van der Waals surface area contributed by atoms with Crippen molar-refractivity contribution in [3.63, 3.8) is 0 Å². The zero-order chi connectivity index (χ0) is 12.0. The summed E-state index contributed by atoms with van der Waals surface area (Å²) in [4.78, 5) is 4.33. The molecule has 0 aliphatic carbocycles. The molecular formula is C11H21N3OS. The first-order valence-corrected chi connectivity index (χ1v) is 6.83. The zero-order valence-electron chi connectivity index (χ0n) is 10.5. The van der Waals surface area contributed by atoms with Gasteiger partial charge >= 0.3 is 0 Å². The highest BCUT2D eigenvalue weighted by molar-refractivity contribution is 7.99. The molecule has 92 valence electrons. The second-order valence-corrected chi connectivity index (χ2v) is 5.72. The number of rotatable bonds is 7. The van der Waals surface area contributed by atoms with Crippen LogP contribution in [0, 0.1) is 0 Å². The van der Waals surface area contributed by atoms with Crippen molar-refractivity contribution in [2.24, 2.45) is 0 Å². The molecule has 5 heteroatoms. The second kappa shape index (κ2) is 6.91. The van der Waals surface area contributed by atoms with E-state index in [2.05, 4.69) is 43.2 Å². The van der Waals surface area contributed by atoms with Gasteiger partial charge in [0.15, 0.2) is 5.82 Å². The fourth-order valence-corrected chi connectivity index (χ4v) is 1.67. The average Bonchev–Trinajstić information content (AvgIpc) is 2.71. The van der Waals surface area contributed by atoms with E-state index in [1.165, 1.54) is 0 Å². The van der Waals surface area contributed by atoms with Crippen molar-refractivity contribution in [1.29, 1.82) is 0 Å². The van der Waals surface area contributed by atoms with Crippen LogP contribution in [0.5, 0.6) is 0 Å². The van der Waals surface area contributed by atoms with Crippen LogP contribution in [0.3, 0.4) is 0 Å². The van der Waals surface area contributed by atoms with Crippen LogP contribution in [-0.4, -0.2) is 21.4 Å². The molecule has 0 spiro atoms. The number of aromatic nitrogens is 2. The van der Waals surface area contributed by atoms with E-state index in [0.717, 1.165) is 18.0 Å². The predicted octanol–water partition coefficient (Wildman–Crippen LogP) is 2.60. The molecule has 16 heavy (non-hydrogen) atoms. The van der Waals surface area contributed by atoms with Gasteiger partial charge in [0.1, 0.15) is 0 Å². The van der Waals surface area contributed by atoms with Gasteiger partial charge in [0.05, 0.1) is 12.3 Å². The fourth-order valence-electron chi connectivity index (χ4n) is 1.07. The first-order valence-electron chi connectivity index (χ1n) is 5.78. The van der Waals surface area contributed by atoms with E-state index in [1.54, 1.807) is 0 Å². The van der Waals surface area contributed by atoms with Gasteiger partial charge in [-0.15, -0.1) is 0 Å². The number of nitrogens with zero attached hydrogens (tertiary/aromatic N) is 2. The van der Waals surface area contributed by atoms with Crippen molar-refractivity contribution in [3.05, 3.63) is 11.7 Å². The van der Waals surface area contributed by atoms with Crippen LogP contribution in [0.2, 0.25) is 0 Å². The van der Waals surface area contributed by atoms with Gasteiger partial charge in [-0.05, 0) is 18.6 Å². The Morgan fingerprint density at radius 3 is 2.75 bits per heavy atom. The Hall–Kier alpha value is -0.550. The maximum atomic E-state index is 5.15. The van der Waals surface area contributed by atoms with E-state index < -0.39 is 0 Å². The molecule has 1 N–H and O–H groups in total. The van der Waals surface area contributed by atoms with Gasteiger partial charge in [-0.3, -0.25) is 0 Å². The zero-order valence-corrected chi connectivity index (χ0v) is 11.3. The molecule has 1 unspecified atom stereocenters. The highest BCUT2D eigenvalue weighted by Crippen LogP contribution is 2.14. The van der Waals surface area contributed by atoms with Crippen LogP contribution in [0.15, 0.2) is 4.52 Å². The van der Waals surface area contributed by atoms with Gasteiger partial charge in [-0.1, -0.05) is 25.9 Å². The number of hydrogen-bond acceptors (Lipinski definition) is 5. The van der Waals surface area contributed by atoms with Crippen LogP contribution < -0.4 is 5.32 Å². The normalized spacial score (nSPS) is 13.3. The first-order chi connectivity index (χ1) is 7.61. The minimum Gasteiger partial charge on any atom is -0.338 e. The van der Waals surface area contributed by atoms with E-state index in [9.17, 15) is 0 Å². The minimum atomic E-state index is 0.486. The molecule has 1 heterocycles. The van der Waals surface area contributed by atoms with Crippen LogP contribution in [0.25, 0.3) is 0 Å². The minimum absolute atomic E-state index is 0.486. The summed E-state index contributed by atoms with van der Waals surface area (Å²) in [6.07, 6.45) is 1.10. The molecule has 0 radical (unpaired) electrons. The monoisotopic (exact) mass is 243 g/mol. The Morgan fingerprint density at radius 2 is 2.12 bits per heavy atom. The maximum absolute atomic E-state index is 5.15. The lowest BCUT2D eigenvalue weighted by Gasteiger charge is -2.07. The molecule has 1 rings (SSSR count). The van der Waals surface area contributed by atoms with Gasteiger partial charge in [0.2, 0.25) is 5.89 Å². The summed E-state index contributed by atoms with van der Waals surface area (Å²) in [6.45, 7) is 9.28. The Balaban J connectivity index is 2.33. The van der Waals surface area contributed by atoms with E-state index in [1.807, 2.05) is 11.8 Å². The molecule has 0 aromatic carbocycles. The summed E-state index contributed by atoms with van der Waals surface area (Å²) >= 11 is 1.82. The molecular weight excluding hydrogens is 222 g/mol. The molecule has 0 fully saturated rings. The molecule has 4 nitrogen and oxygen atoms in total. The molecule has 0 amide bonds. The van der Waals surface area contributed by atoms with E-state index in [4.69, 9.17) is 4.52 Å². The lowest BCUT2D eigenvalue weighted by atomic mass is 10.3. The summed E-state index contributed by atoms with van der Waals surface area (Å²) in [5.74, 6) is 2.30. The molecule has 0 saturated carbocycles. The van der Waals surface area contributed by atoms with E-state index >= 15 is 0 Å². The highest BCUT2D eigenvalue weighted by Gasteiger charge is 2.07. The quantitative estimate of drug-likeness (QED) is 0.797. The van der Waals surface area contributed by atoms with Gasteiger partial charge in [0, 0.05) is 6.04 Å². The Kier molecular flexibility index (Phi) is 5.84. The van der Waals surface area contributed by atoms with Crippen LogP contribution in [0.4, 0.5) is 0 Å². The average molecular weight is 243 g/mol. The molecule has 1 aromatic heterocycles. The summed E-state index contributed by atoms with van der Waals surface area (Å²) in [5, 5.41) is 7.87. The summed E-state index contributed by atoms with van der Waals surface area (Å²) < 4.78 is 5.15. The van der Waals surface area contributed by atoms with Crippen LogP contribution >= 0.6 is 11.8 Å². The Morgan fingerprint density at radius 1 is 1.38 bits per heavy atom. The molecule has 1 aromatic rings. The van der Waals surface area contributed by atoms with Gasteiger partial charge in [-0.2, -0.15) is 16.7 Å². The molecule has 0 aliphatic heterocycles. The van der Waals surface area contributed by atoms with Gasteiger partial charge in [-0.25, -0.2) is 0 Å². The molecule has 1 atom stereocenters. The molecule has 0 aliphatic rings. The lowest BCUT2D eigenvalue weighted by Crippen LogP contribution is -2.24. The number of hydrogen-bond donors (Lipinski definition) is 1. The van der Waals surface area contributed by atoms with Crippen LogP contribution in [-0.2, 0) is 12.3 Å². The number of thioether (sulfide) groups is 1. The van der Waals surface area contributed by atoms with Crippen molar-refractivity contribution in [2.45, 2.75) is 57.7 Å². The number of nitrogens with one attached hydrogen (secondary N) is 1. The van der Waals surface area contributed by atoms with Crippen molar-refractivity contribution in [2.75, 3.05) is 0 Å². The first kappa shape index (κ1) is 13.5. The fraction of sp³-hybridized carbons (Fsp3) is 0.818. The second-order valence-electron chi connectivity index (χ2n) is 4.15. The van der Waals surface area contributed by atoms with Crippen molar-refractivity contribution < 1.29 is 4.52 Å². The third-order valence-electron chi connectivity index (χ3n) is 2.27. The molecule has 0 bridgehead atoms. The smallest absolute Gasteiger partial charge is 0.240 e. The van der Waals surface area contributed by atoms with E-state index in [-0.39, 0.29) is 0 Å². The standard InChI is InChI=1S/C11H21N3OS/c1-5-9(4)12-6-11-13-10(14-15-11)7-16-8(2)3/h8-9,12H,5-7H2,1-4H3. The van der Waals surface area contributed by atoms with Crippen LogP contribution in [0.1, 0.15) is 45.8 Å². The van der Waals surface area contributed by atoms with Gasteiger partial charge < -0.3 is 9.84 Å². The third-order valence-corrected chi connectivity index (χ3v) is 3.36. The Bertz CT molecular complexity index is 301. The van der Waals surface area contributed by atoms with E-state index in [0.29, 0.717) is 23.7 Å². The topological polar surface area (TPSA) is 51.0 Å². The van der Waals surface area contributed by atoms with Crippen molar-refractivity contribution in [3.8, 4) is 0 Å². The maximum Gasteiger partial charge on any atom is 0.240 e. The lowest BCUT2D eigenvalue weighted by molar-refractivity contribution is 0.355. The van der Waals surface area contributed by atoms with Crippen molar-refractivity contribution in [1.82, 2.24) is 15.5 Å². The summed E-state index contributed by atoms with van der Waals surface area (Å²) in [6, 6.07) is 0.486. The summed E-state index contributed by atoms with van der Waals surface area (Å²) in [7, 11) is 0. The molecule has 0 saturated heterocycles. The largest absolute Gasteiger partial charge is 0.338 e. The summed E-state index contributed by atoms with van der Waals surface area (Å²) in [5.41, 5.74) is 0. The Labute approximate surface area is 102 Å². The third kappa shape index (κ3) is 4.99. The predicted molar refractivity (Wildman–Crippen MR) is 67.3 cm³/mol.